The van der Waals surface area contributed by atoms with Crippen molar-refractivity contribution >= 4 is 17.4 Å². The maximum atomic E-state index is 12.8. The first-order chi connectivity index (χ1) is 13.9. The van der Waals surface area contributed by atoms with Gasteiger partial charge in [-0.15, -0.1) is 0 Å². The summed E-state index contributed by atoms with van der Waals surface area (Å²) in [6.07, 6.45) is -8.52. The van der Waals surface area contributed by atoms with Crippen LogP contribution in [0.2, 0.25) is 0 Å². The number of halogens is 6. The first kappa shape index (κ1) is 23.0. The highest BCUT2D eigenvalue weighted by molar-refractivity contribution is 6.09. The van der Waals surface area contributed by atoms with Gasteiger partial charge in [0.1, 0.15) is 5.75 Å². The Kier molecular flexibility index (Phi) is 6.91. The van der Waals surface area contributed by atoms with Crippen LogP contribution in [-0.4, -0.2) is 18.3 Å². The van der Waals surface area contributed by atoms with Crippen LogP contribution in [-0.2, 0) is 17.1 Å². The standard InChI is InChI=1S/C20H15F6NO3/c1-2-30-16-5-3-12(4-6-16)17(28)7-8-18(29)27-15-10-13(19(21,22)23)9-14(11-15)20(24,25)26/h3-11H,2H2,1H3,(H,27,29). The third kappa shape index (κ3) is 6.36. The number of allylic oxidation sites excluding steroid dienone is 1. The molecule has 0 aliphatic carbocycles. The quantitative estimate of drug-likeness (QED) is 0.373. The Morgan fingerprint density at radius 2 is 1.43 bits per heavy atom. The Morgan fingerprint density at radius 3 is 1.90 bits per heavy atom. The van der Waals surface area contributed by atoms with Crippen molar-refractivity contribution in [3.05, 3.63) is 71.3 Å². The second-order valence-electron chi connectivity index (χ2n) is 5.94. The van der Waals surface area contributed by atoms with Crippen molar-refractivity contribution in [2.24, 2.45) is 0 Å². The van der Waals surface area contributed by atoms with Crippen LogP contribution in [0.25, 0.3) is 0 Å². The Balaban J connectivity index is 2.15. The summed E-state index contributed by atoms with van der Waals surface area (Å²) >= 11 is 0. The van der Waals surface area contributed by atoms with E-state index in [0.29, 0.717) is 30.6 Å². The van der Waals surface area contributed by atoms with Crippen LogP contribution >= 0.6 is 0 Å². The summed E-state index contributed by atoms with van der Waals surface area (Å²) in [7, 11) is 0. The van der Waals surface area contributed by atoms with Gasteiger partial charge in [0, 0.05) is 17.3 Å². The topological polar surface area (TPSA) is 55.4 Å². The van der Waals surface area contributed by atoms with E-state index in [2.05, 4.69) is 0 Å². The highest BCUT2D eigenvalue weighted by Gasteiger charge is 2.37. The Hall–Kier alpha value is -3.30. The lowest BCUT2D eigenvalue weighted by Crippen LogP contribution is -2.14. The van der Waals surface area contributed by atoms with E-state index in [0.717, 1.165) is 6.08 Å². The number of alkyl halides is 6. The molecule has 0 saturated heterocycles. The Labute approximate surface area is 167 Å². The summed E-state index contributed by atoms with van der Waals surface area (Å²) in [5, 5.41) is 1.90. The molecule has 0 spiro atoms. The minimum atomic E-state index is -5.04. The van der Waals surface area contributed by atoms with E-state index in [-0.39, 0.29) is 11.6 Å². The molecule has 160 valence electrons. The van der Waals surface area contributed by atoms with E-state index in [4.69, 9.17) is 4.74 Å². The number of anilines is 1. The summed E-state index contributed by atoms with van der Waals surface area (Å²) < 4.78 is 82.3. The molecule has 0 aliphatic heterocycles. The molecule has 0 aromatic heterocycles. The van der Waals surface area contributed by atoms with E-state index in [1.54, 1.807) is 6.92 Å². The van der Waals surface area contributed by atoms with E-state index < -0.39 is 40.9 Å². The molecule has 0 aliphatic rings. The second-order valence-corrected chi connectivity index (χ2v) is 5.94. The zero-order valence-electron chi connectivity index (χ0n) is 15.4. The molecule has 1 amide bonds. The van der Waals surface area contributed by atoms with Crippen molar-refractivity contribution in [2.45, 2.75) is 19.3 Å². The summed E-state index contributed by atoms with van der Waals surface area (Å²) in [5.74, 6) is -1.13. The van der Waals surface area contributed by atoms with Crippen LogP contribution in [0.3, 0.4) is 0 Å². The lowest BCUT2D eigenvalue weighted by molar-refractivity contribution is -0.143. The second kappa shape index (κ2) is 9.02. The average molecular weight is 431 g/mol. The smallest absolute Gasteiger partial charge is 0.416 e. The molecule has 0 bridgehead atoms. The molecule has 2 rings (SSSR count). The van der Waals surface area contributed by atoms with Crippen LogP contribution < -0.4 is 10.1 Å². The van der Waals surface area contributed by atoms with Crippen molar-refractivity contribution in [1.82, 2.24) is 0 Å². The SMILES string of the molecule is CCOc1ccc(C(=O)C=CC(=O)Nc2cc(C(F)(F)F)cc(C(F)(F)F)c2)cc1. The van der Waals surface area contributed by atoms with Gasteiger partial charge < -0.3 is 10.1 Å². The molecule has 0 heterocycles. The summed E-state index contributed by atoms with van der Waals surface area (Å²) in [5.41, 5.74) is -3.63. The van der Waals surface area contributed by atoms with E-state index in [9.17, 15) is 35.9 Å². The van der Waals surface area contributed by atoms with Crippen LogP contribution in [0.5, 0.6) is 5.75 Å². The van der Waals surface area contributed by atoms with Crippen molar-refractivity contribution in [1.29, 1.82) is 0 Å². The van der Waals surface area contributed by atoms with Crippen molar-refractivity contribution in [3.8, 4) is 5.75 Å². The predicted molar refractivity (Wildman–Crippen MR) is 96.2 cm³/mol. The van der Waals surface area contributed by atoms with Gasteiger partial charge in [-0.25, -0.2) is 0 Å². The maximum Gasteiger partial charge on any atom is 0.416 e. The first-order valence-electron chi connectivity index (χ1n) is 8.46. The molecule has 0 unspecified atom stereocenters. The number of ether oxygens (including phenoxy) is 1. The molecule has 10 heteroatoms. The van der Waals surface area contributed by atoms with Crippen LogP contribution in [0.4, 0.5) is 32.0 Å². The fraction of sp³-hybridized carbons (Fsp3) is 0.200. The number of carbonyl (C=O) groups is 2. The normalized spacial score (nSPS) is 12.1. The summed E-state index contributed by atoms with van der Waals surface area (Å²) in [6, 6.07) is 6.64. The average Bonchev–Trinajstić information content (AvgIpc) is 2.65. The fourth-order valence-corrected chi connectivity index (χ4v) is 2.34. The number of hydrogen-bond donors (Lipinski definition) is 1. The number of amides is 1. The van der Waals surface area contributed by atoms with Gasteiger partial charge in [-0.3, -0.25) is 9.59 Å². The molecular formula is C20H15F6NO3. The van der Waals surface area contributed by atoms with Gasteiger partial charge >= 0.3 is 12.4 Å². The molecule has 1 N–H and O–H groups in total. The van der Waals surface area contributed by atoms with Crippen molar-refractivity contribution < 1.29 is 40.7 Å². The van der Waals surface area contributed by atoms with Gasteiger partial charge in [0.25, 0.3) is 0 Å². The Morgan fingerprint density at radius 1 is 0.900 bits per heavy atom. The molecule has 30 heavy (non-hydrogen) atoms. The zero-order chi connectivity index (χ0) is 22.5. The van der Waals surface area contributed by atoms with Gasteiger partial charge in [-0.05, 0) is 55.5 Å². The van der Waals surface area contributed by atoms with E-state index in [1.165, 1.54) is 24.3 Å². The van der Waals surface area contributed by atoms with E-state index >= 15 is 0 Å². The molecule has 0 radical (unpaired) electrons. The van der Waals surface area contributed by atoms with Crippen LogP contribution in [0.1, 0.15) is 28.4 Å². The molecule has 0 saturated carbocycles. The maximum absolute atomic E-state index is 12.8. The van der Waals surface area contributed by atoms with Crippen molar-refractivity contribution in [2.75, 3.05) is 11.9 Å². The predicted octanol–water partition coefficient (Wildman–Crippen LogP) is 5.50. The van der Waals surface area contributed by atoms with Gasteiger partial charge in [0.2, 0.25) is 5.91 Å². The molecule has 2 aromatic carbocycles. The summed E-state index contributed by atoms with van der Waals surface area (Å²) in [4.78, 5) is 23.9. The summed E-state index contributed by atoms with van der Waals surface area (Å²) in [6.45, 7) is 2.21. The minimum Gasteiger partial charge on any atom is -0.494 e. The van der Waals surface area contributed by atoms with Gasteiger partial charge in [0.15, 0.2) is 5.78 Å². The lowest BCUT2D eigenvalue weighted by Gasteiger charge is -2.14. The highest BCUT2D eigenvalue weighted by Crippen LogP contribution is 2.37. The molecule has 0 fully saturated rings. The van der Waals surface area contributed by atoms with Gasteiger partial charge in [0.05, 0.1) is 17.7 Å². The number of rotatable bonds is 6. The molecule has 4 nitrogen and oxygen atoms in total. The van der Waals surface area contributed by atoms with Gasteiger partial charge in [-0.1, -0.05) is 0 Å². The molecular weight excluding hydrogens is 416 g/mol. The number of carbonyl (C=O) groups excluding carboxylic acids is 2. The molecule has 2 aromatic rings. The largest absolute Gasteiger partial charge is 0.494 e. The third-order valence-electron chi connectivity index (χ3n) is 3.69. The van der Waals surface area contributed by atoms with Crippen LogP contribution in [0, 0.1) is 0 Å². The minimum absolute atomic E-state index is 0.0546. The fourth-order valence-electron chi connectivity index (χ4n) is 2.34. The monoisotopic (exact) mass is 431 g/mol. The van der Waals surface area contributed by atoms with E-state index in [1.807, 2.05) is 5.32 Å². The number of nitrogens with one attached hydrogen (secondary N) is 1. The zero-order valence-corrected chi connectivity index (χ0v) is 15.4. The van der Waals surface area contributed by atoms with Crippen LogP contribution in [0.15, 0.2) is 54.6 Å². The first-order valence-corrected chi connectivity index (χ1v) is 8.46. The molecule has 0 atom stereocenters. The number of ketones is 1. The Bertz CT molecular complexity index is 914. The van der Waals surface area contributed by atoms with Gasteiger partial charge in [-0.2, -0.15) is 26.3 Å². The number of benzene rings is 2. The third-order valence-corrected chi connectivity index (χ3v) is 3.69. The highest BCUT2D eigenvalue weighted by atomic mass is 19.4. The number of hydrogen-bond acceptors (Lipinski definition) is 3. The van der Waals surface area contributed by atoms with Crippen molar-refractivity contribution in [3.63, 3.8) is 0 Å². The lowest BCUT2D eigenvalue weighted by atomic mass is 10.1.